The summed E-state index contributed by atoms with van der Waals surface area (Å²) in [5.41, 5.74) is 0. The molecule has 0 aromatic carbocycles. The minimum Gasteiger partial charge on any atom is -0.344 e. The van der Waals surface area contributed by atoms with Gasteiger partial charge in [0.1, 0.15) is 0 Å². The number of nitrogens with one attached hydrogen (secondary N) is 1. The molecule has 1 amide bonds. The molecule has 18 heavy (non-hydrogen) atoms. The van der Waals surface area contributed by atoms with Gasteiger partial charge >= 0.3 is 0 Å². The molecule has 0 spiro atoms. The maximum atomic E-state index is 11.9. The molecule has 0 aromatic heterocycles. The lowest BCUT2D eigenvalue weighted by molar-refractivity contribution is -0.130. The van der Waals surface area contributed by atoms with Crippen LogP contribution in [0.4, 0.5) is 0 Å². The largest absolute Gasteiger partial charge is 0.344 e. The molecule has 1 atom stereocenters. The minimum atomic E-state index is 0.0940. The number of hydrogen-bond acceptors (Lipinski definition) is 4. The second-order valence-corrected chi connectivity index (χ2v) is 5.13. The van der Waals surface area contributed by atoms with Gasteiger partial charge in [-0.2, -0.15) is 5.26 Å². The quantitative estimate of drug-likeness (QED) is 0.738. The SMILES string of the molecule is CN(CC(=O)N(C)CCC#N)CC1CCCNC1. The average molecular weight is 252 g/mol. The fourth-order valence-corrected chi connectivity index (χ4v) is 2.28. The molecule has 102 valence electrons. The normalized spacial score (nSPS) is 19.6. The van der Waals surface area contributed by atoms with Crippen molar-refractivity contribution >= 4 is 5.91 Å². The molecule has 1 unspecified atom stereocenters. The Kier molecular flexibility index (Phi) is 6.69. The molecule has 5 heteroatoms. The third kappa shape index (κ3) is 5.48. The fraction of sp³-hybridized carbons (Fsp3) is 0.846. The number of hydrogen-bond donors (Lipinski definition) is 1. The Labute approximate surface area is 110 Å². The number of amides is 1. The number of likely N-dealkylation sites (N-methyl/N-ethyl adjacent to an activating group) is 2. The van der Waals surface area contributed by atoms with Crippen LogP contribution in [0, 0.1) is 17.2 Å². The summed E-state index contributed by atoms with van der Waals surface area (Å²) in [4.78, 5) is 15.6. The third-order valence-corrected chi connectivity index (χ3v) is 3.36. The summed E-state index contributed by atoms with van der Waals surface area (Å²) in [5.74, 6) is 0.748. The second-order valence-electron chi connectivity index (χ2n) is 5.13. The van der Waals surface area contributed by atoms with E-state index in [-0.39, 0.29) is 5.91 Å². The zero-order chi connectivity index (χ0) is 13.4. The highest BCUT2D eigenvalue weighted by atomic mass is 16.2. The van der Waals surface area contributed by atoms with Crippen molar-refractivity contribution in [1.82, 2.24) is 15.1 Å². The Balaban J connectivity index is 2.23. The van der Waals surface area contributed by atoms with E-state index in [0.717, 1.165) is 19.6 Å². The lowest BCUT2D eigenvalue weighted by Crippen LogP contribution is -2.41. The molecule has 0 bridgehead atoms. The predicted molar refractivity (Wildman–Crippen MR) is 71.0 cm³/mol. The summed E-state index contributed by atoms with van der Waals surface area (Å²) in [6.45, 7) is 4.11. The molecular formula is C13H24N4O. The first-order valence-electron chi connectivity index (χ1n) is 6.63. The van der Waals surface area contributed by atoms with Crippen molar-refractivity contribution in [3.8, 4) is 6.07 Å². The van der Waals surface area contributed by atoms with Gasteiger partial charge in [-0.05, 0) is 38.9 Å². The zero-order valence-corrected chi connectivity index (χ0v) is 11.5. The van der Waals surface area contributed by atoms with Crippen LogP contribution in [-0.4, -0.2) is 62.5 Å². The fourth-order valence-electron chi connectivity index (χ4n) is 2.28. The highest BCUT2D eigenvalue weighted by Crippen LogP contribution is 2.10. The summed E-state index contributed by atoms with van der Waals surface area (Å²) < 4.78 is 0. The number of nitriles is 1. The lowest BCUT2D eigenvalue weighted by Gasteiger charge is -2.28. The maximum Gasteiger partial charge on any atom is 0.236 e. The molecule has 1 aliphatic heterocycles. The van der Waals surface area contributed by atoms with Crippen molar-refractivity contribution in [3.63, 3.8) is 0 Å². The number of carbonyl (C=O) groups is 1. The highest BCUT2D eigenvalue weighted by Gasteiger charge is 2.17. The molecule has 0 saturated carbocycles. The van der Waals surface area contributed by atoms with E-state index < -0.39 is 0 Å². The molecule has 1 fully saturated rings. The van der Waals surface area contributed by atoms with Crippen molar-refractivity contribution in [2.24, 2.45) is 5.92 Å². The van der Waals surface area contributed by atoms with Crippen molar-refractivity contribution in [3.05, 3.63) is 0 Å². The number of nitrogens with zero attached hydrogens (tertiary/aromatic N) is 3. The standard InChI is InChI=1S/C13H24N4O/c1-16(10-12-5-3-7-15-9-12)11-13(18)17(2)8-4-6-14/h12,15H,3-5,7-11H2,1-2H3. The number of carbonyl (C=O) groups excluding carboxylic acids is 1. The minimum absolute atomic E-state index is 0.0940. The van der Waals surface area contributed by atoms with Crippen molar-refractivity contribution in [2.75, 3.05) is 46.8 Å². The zero-order valence-electron chi connectivity index (χ0n) is 11.5. The summed E-state index contributed by atoms with van der Waals surface area (Å²) in [5, 5.41) is 11.9. The van der Waals surface area contributed by atoms with Crippen LogP contribution < -0.4 is 5.32 Å². The Morgan fingerprint density at radius 2 is 2.28 bits per heavy atom. The van der Waals surface area contributed by atoms with E-state index in [4.69, 9.17) is 5.26 Å². The summed E-state index contributed by atoms with van der Waals surface area (Å²) in [7, 11) is 3.75. The smallest absolute Gasteiger partial charge is 0.236 e. The van der Waals surface area contributed by atoms with Gasteiger partial charge in [0, 0.05) is 20.1 Å². The molecule has 1 rings (SSSR count). The summed E-state index contributed by atoms with van der Waals surface area (Å²) in [6.07, 6.45) is 2.88. The molecule has 0 aliphatic carbocycles. The molecule has 1 heterocycles. The van der Waals surface area contributed by atoms with Crippen molar-refractivity contribution in [2.45, 2.75) is 19.3 Å². The van der Waals surface area contributed by atoms with E-state index in [0.29, 0.717) is 25.4 Å². The van der Waals surface area contributed by atoms with E-state index in [1.807, 2.05) is 7.05 Å². The average Bonchev–Trinajstić information content (AvgIpc) is 2.36. The van der Waals surface area contributed by atoms with Crippen LogP contribution >= 0.6 is 0 Å². The molecule has 0 aromatic rings. The molecule has 0 radical (unpaired) electrons. The first-order chi connectivity index (χ1) is 8.63. The van der Waals surface area contributed by atoms with E-state index >= 15 is 0 Å². The third-order valence-electron chi connectivity index (χ3n) is 3.36. The number of piperidine rings is 1. The summed E-state index contributed by atoms with van der Waals surface area (Å²) >= 11 is 0. The Bertz CT molecular complexity index is 294. The Morgan fingerprint density at radius 3 is 2.89 bits per heavy atom. The van der Waals surface area contributed by atoms with Gasteiger partial charge in [0.2, 0.25) is 5.91 Å². The van der Waals surface area contributed by atoms with Crippen molar-refractivity contribution < 1.29 is 4.79 Å². The van der Waals surface area contributed by atoms with Gasteiger partial charge in [0.05, 0.1) is 19.0 Å². The lowest BCUT2D eigenvalue weighted by atomic mass is 9.99. The first kappa shape index (κ1) is 14.9. The topological polar surface area (TPSA) is 59.4 Å². The molecule has 1 aliphatic rings. The van der Waals surface area contributed by atoms with Gasteiger partial charge in [-0.25, -0.2) is 0 Å². The van der Waals surface area contributed by atoms with E-state index in [1.54, 1.807) is 11.9 Å². The van der Waals surface area contributed by atoms with Crippen LogP contribution in [-0.2, 0) is 4.79 Å². The van der Waals surface area contributed by atoms with E-state index in [1.165, 1.54) is 12.8 Å². The molecule has 1 N–H and O–H groups in total. The second kappa shape index (κ2) is 8.06. The van der Waals surface area contributed by atoms with Gasteiger partial charge in [0.25, 0.3) is 0 Å². The molecule has 1 saturated heterocycles. The van der Waals surface area contributed by atoms with E-state index in [2.05, 4.69) is 16.3 Å². The van der Waals surface area contributed by atoms with Gasteiger partial charge in [-0.15, -0.1) is 0 Å². The first-order valence-corrected chi connectivity index (χ1v) is 6.63. The monoisotopic (exact) mass is 252 g/mol. The molecular weight excluding hydrogens is 228 g/mol. The van der Waals surface area contributed by atoms with Crippen LogP contribution in [0.2, 0.25) is 0 Å². The van der Waals surface area contributed by atoms with E-state index in [9.17, 15) is 4.79 Å². The van der Waals surface area contributed by atoms with Gasteiger partial charge in [-0.1, -0.05) is 0 Å². The van der Waals surface area contributed by atoms with Crippen LogP contribution in [0.5, 0.6) is 0 Å². The maximum absolute atomic E-state index is 11.9. The van der Waals surface area contributed by atoms with Gasteiger partial charge in [0.15, 0.2) is 0 Å². The van der Waals surface area contributed by atoms with Crippen LogP contribution in [0.15, 0.2) is 0 Å². The highest BCUT2D eigenvalue weighted by molar-refractivity contribution is 5.77. The van der Waals surface area contributed by atoms with Crippen LogP contribution in [0.25, 0.3) is 0 Å². The van der Waals surface area contributed by atoms with Gasteiger partial charge < -0.3 is 10.2 Å². The number of rotatable bonds is 6. The van der Waals surface area contributed by atoms with Crippen molar-refractivity contribution in [1.29, 1.82) is 5.26 Å². The molecule has 5 nitrogen and oxygen atoms in total. The Morgan fingerprint density at radius 1 is 1.50 bits per heavy atom. The summed E-state index contributed by atoms with van der Waals surface area (Å²) in [6, 6.07) is 2.06. The van der Waals surface area contributed by atoms with Crippen LogP contribution in [0.1, 0.15) is 19.3 Å². The van der Waals surface area contributed by atoms with Crippen LogP contribution in [0.3, 0.4) is 0 Å². The van der Waals surface area contributed by atoms with Gasteiger partial charge in [-0.3, -0.25) is 9.69 Å². The Hall–Kier alpha value is -1.12. The predicted octanol–water partition coefficient (Wildman–Crippen LogP) is 0.290.